The fraction of sp³-hybridized carbons (Fsp3) is 0.600. The van der Waals surface area contributed by atoms with Crippen LogP contribution in [0.25, 0.3) is 0 Å². The average molecular weight is 311 g/mol. The summed E-state index contributed by atoms with van der Waals surface area (Å²) < 4.78 is 23.0. The number of nitrogens with zero attached hydrogens (tertiary/aromatic N) is 1. The van der Waals surface area contributed by atoms with Crippen molar-refractivity contribution in [2.24, 2.45) is 11.1 Å². The van der Waals surface area contributed by atoms with Crippen molar-refractivity contribution in [1.82, 2.24) is 4.90 Å². The molecule has 1 heterocycles. The van der Waals surface area contributed by atoms with Gasteiger partial charge in [0.25, 0.3) is 0 Å². The van der Waals surface area contributed by atoms with Gasteiger partial charge in [0.1, 0.15) is 0 Å². The fourth-order valence-corrected chi connectivity index (χ4v) is 3.42. The highest BCUT2D eigenvalue weighted by atomic mass is 32.2. The van der Waals surface area contributed by atoms with E-state index in [0.29, 0.717) is 18.0 Å². The molecule has 3 atom stereocenters. The summed E-state index contributed by atoms with van der Waals surface area (Å²) in [7, 11) is -1.52. The number of benzene rings is 1. The van der Waals surface area contributed by atoms with Crippen molar-refractivity contribution in [3.05, 3.63) is 23.8 Å². The Morgan fingerprint density at radius 3 is 2.62 bits per heavy atom. The molecule has 1 aliphatic rings. The molecule has 0 aromatic heterocycles. The third kappa shape index (κ3) is 3.75. The van der Waals surface area contributed by atoms with Crippen LogP contribution in [0.4, 0.5) is 5.69 Å². The molecule has 118 valence electrons. The van der Waals surface area contributed by atoms with Crippen LogP contribution >= 0.6 is 0 Å². The summed E-state index contributed by atoms with van der Waals surface area (Å²) in [4.78, 5) is 2.51. The molecule has 0 radical (unpaired) electrons. The lowest BCUT2D eigenvalue weighted by molar-refractivity contribution is 0.145. The number of nitrogens with two attached hydrogens (primary N) is 1. The zero-order valence-electron chi connectivity index (χ0n) is 13.1. The first-order chi connectivity index (χ1) is 9.68. The van der Waals surface area contributed by atoms with Crippen molar-refractivity contribution < 1.29 is 8.42 Å². The van der Waals surface area contributed by atoms with E-state index in [0.717, 1.165) is 24.2 Å². The van der Waals surface area contributed by atoms with Gasteiger partial charge in [-0.1, -0.05) is 13.0 Å². The van der Waals surface area contributed by atoms with E-state index in [2.05, 4.69) is 31.1 Å². The number of primary sulfonamides is 1. The van der Waals surface area contributed by atoms with Gasteiger partial charge in [0.2, 0.25) is 10.0 Å². The number of hydrogen-bond acceptors (Lipinski definition) is 4. The Balaban J connectivity index is 2.23. The fourth-order valence-electron chi connectivity index (χ4n) is 2.88. The van der Waals surface area contributed by atoms with Crippen LogP contribution in [0, 0.1) is 12.8 Å². The van der Waals surface area contributed by atoms with Gasteiger partial charge in [0.05, 0.1) is 4.90 Å². The Bertz CT molecular complexity index is 615. The molecule has 1 aromatic carbocycles. The number of likely N-dealkylation sites (tertiary alicyclic amines) is 1. The Morgan fingerprint density at radius 2 is 2.00 bits per heavy atom. The third-order valence-electron chi connectivity index (χ3n) is 4.49. The summed E-state index contributed by atoms with van der Waals surface area (Å²) in [6, 6.07) is 5.84. The molecule has 3 N–H and O–H groups in total. The minimum Gasteiger partial charge on any atom is -0.382 e. The predicted octanol–water partition coefficient (Wildman–Crippen LogP) is 1.78. The van der Waals surface area contributed by atoms with Crippen molar-refractivity contribution in [3.8, 4) is 0 Å². The van der Waals surface area contributed by atoms with E-state index in [9.17, 15) is 8.42 Å². The van der Waals surface area contributed by atoms with E-state index in [1.807, 2.05) is 6.92 Å². The molecular weight excluding hydrogens is 286 g/mol. The Labute approximate surface area is 127 Å². The minimum absolute atomic E-state index is 0.157. The average Bonchev–Trinajstić information content (AvgIpc) is 2.37. The molecule has 6 heteroatoms. The van der Waals surface area contributed by atoms with Crippen LogP contribution in [0.2, 0.25) is 0 Å². The number of aryl methyl sites for hydroxylation is 1. The van der Waals surface area contributed by atoms with Crippen LogP contribution in [0.5, 0.6) is 0 Å². The van der Waals surface area contributed by atoms with E-state index in [1.54, 1.807) is 18.2 Å². The summed E-state index contributed by atoms with van der Waals surface area (Å²) in [5.74, 6) is 0.503. The van der Waals surface area contributed by atoms with Gasteiger partial charge in [-0.25, -0.2) is 13.6 Å². The van der Waals surface area contributed by atoms with Crippen LogP contribution in [0.15, 0.2) is 23.1 Å². The molecule has 0 aliphatic carbocycles. The summed E-state index contributed by atoms with van der Waals surface area (Å²) >= 11 is 0. The first kappa shape index (κ1) is 16.3. The second-order valence-corrected chi connectivity index (χ2v) is 7.84. The van der Waals surface area contributed by atoms with Gasteiger partial charge in [-0.3, -0.25) is 0 Å². The predicted molar refractivity (Wildman–Crippen MR) is 85.8 cm³/mol. The lowest BCUT2D eigenvalue weighted by Gasteiger charge is -2.40. The second-order valence-electron chi connectivity index (χ2n) is 6.27. The van der Waals surface area contributed by atoms with Crippen LogP contribution < -0.4 is 10.5 Å². The van der Waals surface area contributed by atoms with Crippen molar-refractivity contribution >= 4 is 15.7 Å². The molecule has 0 bridgehead atoms. The molecule has 1 aliphatic heterocycles. The minimum atomic E-state index is -3.66. The molecule has 1 aromatic rings. The molecule has 0 saturated carbocycles. The van der Waals surface area contributed by atoms with Gasteiger partial charge in [0.15, 0.2) is 0 Å². The van der Waals surface area contributed by atoms with Gasteiger partial charge in [-0.15, -0.1) is 0 Å². The number of rotatable bonds is 3. The van der Waals surface area contributed by atoms with Crippen LogP contribution in [-0.2, 0) is 10.0 Å². The normalized spacial score (nSPS) is 27.6. The summed E-state index contributed by atoms with van der Waals surface area (Å²) in [6.07, 6.45) is 1.04. The van der Waals surface area contributed by atoms with Gasteiger partial charge >= 0.3 is 0 Å². The molecule has 0 amide bonds. The first-order valence-corrected chi connectivity index (χ1v) is 8.83. The lowest BCUT2D eigenvalue weighted by atomic mass is 9.89. The molecule has 5 nitrogen and oxygen atoms in total. The Kier molecular flexibility index (Phi) is 4.60. The van der Waals surface area contributed by atoms with E-state index >= 15 is 0 Å². The van der Waals surface area contributed by atoms with E-state index in [-0.39, 0.29) is 4.90 Å². The monoisotopic (exact) mass is 311 g/mol. The van der Waals surface area contributed by atoms with E-state index in [1.165, 1.54) is 0 Å². The Hall–Kier alpha value is -1.11. The number of anilines is 1. The number of nitrogens with one attached hydrogen (secondary N) is 1. The molecule has 21 heavy (non-hydrogen) atoms. The molecule has 0 spiro atoms. The maximum absolute atomic E-state index is 11.5. The van der Waals surface area contributed by atoms with Gasteiger partial charge in [-0.2, -0.15) is 0 Å². The summed E-state index contributed by atoms with van der Waals surface area (Å²) in [6.45, 7) is 7.44. The van der Waals surface area contributed by atoms with E-state index in [4.69, 9.17) is 5.14 Å². The molecule has 1 fully saturated rings. The maximum atomic E-state index is 11.5. The number of sulfonamides is 1. The van der Waals surface area contributed by atoms with Crippen LogP contribution in [-0.4, -0.2) is 39.0 Å². The lowest BCUT2D eigenvalue weighted by Crippen LogP contribution is -2.48. The number of piperidine rings is 1. The highest BCUT2D eigenvalue weighted by Crippen LogP contribution is 2.27. The van der Waals surface area contributed by atoms with Crippen LogP contribution in [0.1, 0.15) is 25.8 Å². The standard InChI is InChI=1S/C15H25N3O2S/c1-10-5-6-13(21(16,19)20)8-15(10)17-14-7-12(3)18(4)9-11(14)2/h5-6,8,11-12,14,17H,7,9H2,1-4H3,(H2,16,19,20). The largest absolute Gasteiger partial charge is 0.382 e. The molecule has 3 unspecified atom stereocenters. The van der Waals surface area contributed by atoms with Crippen molar-refractivity contribution in [1.29, 1.82) is 0 Å². The Morgan fingerprint density at radius 1 is 1.33 bits per heavy atom. The third-order valence-corrected chi connectivity index (χ3v) is 5.40. The second kappa shape index (κ2) is 5.94. The quantitative estimate of drug-likeness (QED) is 0.892. The highest BCUT2D eigenvalue weighted by Gasteiger charge is 2.29. The zero-order chi connectivity index (χ0) is 15.8. The summed E-state index contributed by atoms with van der Waals surface area (Å²) in [5.41, 5.74) is 1.89. The topological polar surface area (TPSA) is 75.4 Å². The van der Waals surface area contributed by atoms with Gasteiger partial charge in [0, 0.05) is 24.3 Å². The zero-order valence-corrected chi connectivity index (χ0v) is 13.9. The molecule has 1 saturated heterocycles. The van der Waals surface area contributed by atoms with Crippen LogP contribution in [0.3, 0.4) is 0 Å². The molecule has 2 rings (SSSR count). The van der Waals surface area contributed by atoms with Crippen molar-refractivity contribution in [3.63, 3.8) is 0 Å². The number of hydrogen-bond donors (Lipinski definition) is 2. The smallest absolute Gasteiger partial charge is 0.238 e. The SMILES string of the molecule is Cc1ccc(S(N)(=O)=O)cc1NC1CC(C)N(C)CC1C. The highest BCUT2D eigenvalue weighted by molar-refractivity contribution is 7.89. The van der Waals surface area contributed by atoms with Crippen molar-refractivity contribution in [2.75, 3.05) is 18.9 Å². The molecular formula is C15H25N3O2S. The van der Waals surface area contributed by atoms with E-state index < -0.39 is 10.0 Å². The van der Waals surface area contributed by atoms with Gasteiger partial charge in [-0.05, 0) is 50.9 Å². The van der Waals surface area contributed by atoms with Crippen molar-refractivity contribution in [2.45, 2.75) is 44.2 Å². The first-order valence-electron chi connectivity index (χ1n) is 7.28. The summed E-state index contributed by atoms with van der Waals surface area (Å²) in [5, 5.41) is 8.73. The van der Waals surface area contributed by atoms with Gasteiger partial charge < -0.3 is 10.2 Å². The maximum Gasteiger partial charge on any atom is 0.238 e.